The molecule has 2 rings (SSSR count). The molecular formula is C11H16N2OS2. The number of rotatable bonds is 4. The van der Waals surface area contributed by atoms with Crippen LogP contribution in [0.5, 0.6) is 0 Å². The molecule has 1 aromatic rings. The van der Waals surface area contributed by atoms with Gasteiger partial charge in [-0.05, 0) is 37.4 Å². The molecule has 0 aromatic carbocycles. The van der Waals surface area contributed by atoms with E-state index in [4.69, 9.17) is 0 Å². The van der Waals surface area contributed by atoms with Crippen LogP contribution < -0.4 is 5.32 Å². The maximum atomic E-state index is 11.6. The summed E-state index contributed by atoms with van der Waals surface area (Å²) in [5, 5.41) is 4.44. The first-order chi connectivity index (χ1) is 7.74. The highest BCUT2D eigenvalue weighted by Gasteiger charge is 2.16. The number of nitrogens with one attached hydrogen (secondary N) is 1. The van der Waals surface area contributed by atoms with Gasteiger partial charge in [0.25, 0.3) is 0 Å². The van der Waals surface area contributed by atoms with Gasteiger partial charge in [0.05, 0.1) is 11.4 Å². The molecule has 16 heavy (non-hydrogen) atoms. The largest absolute Gasteiger partial charge is 0.316 e. The van der Waals surface area contributed by atoms with Crippen LogP contribution in [-0.4, -0.2) is 21.3 Å². The Labute approximate surface area is 104 Å². The molecule has 1 aliphatic rings. The zero-order valence-corrected chi connectivity index (χ0v) is 11.0. The second-order valence-electron chi connectivity index (χ2n) is 4.10. The third-order valence-corrected chi connectivity index (χ3v) is 4.81. The first kappa shape index (κ1) is 11.9. The van der Waals surface area contributed by atoms with Gasteiger partial charge in [0, 0.05) is 5.25 Å². The molecule has 0 atom stereocenters. The minimum Gasteiger partial charge on any atom is -0.316 e. The Hall–Kier alpha value is -0.550. The van der Waals surface area contributed by atoms with E-state index in [1.807, 2.05) is 13.0 Å². The number of carbonyl (C=O) groups is 1. The Morgan fingerprint density at radius 3 is 3.00 bits per heavy atom. The van der Waals surface area contributed by atoms with Crippen LogP contribution in [0, 0.1) is 6.92 Å². The van der Waals surface area contributed by atoms with Crippen LogP contribution in [0.15, 0.2) is 6.07 Å². The topological polar surface area (TPSA) is 42.0 Å². The van der Waals surface area contributed by atoms with Crippen LogP contribution in [0.3, 0.4) is 0 Å². The van der Waals surface area contributed by atoms with Gasteiger partial charge in [-0.1, -0.05) is 12.8 Å². The standard InChI is InChI=1S/C11H16N2OS2/c1-8-6-11(16-13-8)12-10(14)7-15-9-4-2-3-5-9/h6,9H,2-5,7H2,1H3,(H,12,14). The van der Waals surface area contributed by atoms with Crippen molar-refractivity contribution in [2.24, 2.45) is 0 Å². The van der Waals surface area contributed by atoms with Gasteiger partial charge in [0.2, 0.25) is 5.91 Å². The third-order valence-electron chi connectivity index (χ3n) is 2.64. The molecule has 88 valence electrons. The van der Waals surface area contributed by atoms with E-state index in [-0.39, 0.29) is 5.91 Å². The van der Waals surface area contributed by atoms with E-state index in [2.05, 4.69) is 9.69 Å². The van der Waals surface area contributed by atoms with Crippen LogP contribution in [0.4, 0.5) is 5.00 Å². The van der Waals surface area contributed by atoms with Crippen molar-refractivity contribution in [2.45, 2.75) is 37.9 Å². The lowest BCUT2D eigenvalue weighted by atomic mass is 10.4. The smallest absolute Gasteiger partial charge is 0.235 e. The highest BCUT2D eigenvalue weighted by Crippen LogP contribution is 2.29. The van der Waals surface area contributed by atoms with Gasteiger partial charge < -0.3 is 5.32 Å². The summed E-state index contributed by atoms with van der Waals surface area (Å²) < 4.78 is 4.13. The number of amides is 1. The van der Waals surface area contributed by atoms with E-state index < -0.39 is 0 Å². The molecule has 0 aliphatic heterocycles. The fourth-order valence-electron chi connectivity index (χ4n) is 1.84. The molecule has 0 saturated heterocycles. The Morgan fingerprint density at radius 2 is 2.38 bits per heavy atom. The molecule has 5 heteroatoms. The minimum absolute atomic E-state index is 0.0977. The Morgan fingerprint density at radius 1 is 1.62 bits per heavy atom. The van der Waals surface area contributed by atoms with Gasteiger partial charge in [-0.25, -0.2) is 0 Å². The summed E-state index contributed by atoms with van der Waals surface area (Å²) in [4.78, 5) is 11.6. The Bertz CT molecular complexity index is 359. The third kappa shape index (κ3) is 3.49. The molecule has 0 unspecified atom stereocenters. The van der Waals surface area contributed by atoms with Gasteiger partial charge in [0.15, 0.2) is 0 Å². The lowest BCUT2D eigenvalue weighted by Crippen LogP contribution is -2.15. The molecule has 0 spiro atoms. The van der Waals surface area contributed by atoms with Gasteiger partial charge in [-0.15, -0.1) is 11.8 Å². The van der Waals surface area contributed by atoms with Gasteiger partial charge in [0.1, 0.15) is 5.00 Å². The molecular weight excluding hydrogens is 240 g/mol. The first-order valence-corrected chi connectivity index (χ1v) is 7.41. The van der Waals surface area contributed by atoms with Crippen molar-refractivity contribution < 1.29 is 4.79 Å². The predicted molar refractivity (Wildman–Crippen MR) is 70.2 cm³/mol. The zero-order valence-electron chi connectivity index (χ0n) is 9.36. The van der Waals surface area contributed by atoms with E-state index in [0.29, 0.717) is 11.0 Å². The highest BCUT2D eigenvalue weighted by atomic mass is 32.2. The number of hydrogen-bond acceptors (Lipinski definition) is 4. The van der Waals surface area contributed by atoms with Gasteiger partial charge in [-0.2, -0.15) is 4.37 Å². The predicted octanol–water partition coefficient (Wildman–Crippen LogP) is 3.07. The monoisotopic (exact) mass is 256 g/mol. The molecule has 1 fully saturated rings. The number of carbonyl (C=O) groups excluding carboxylic acids is 1. The number of aromatic nitrogens is 1. The summed E-state index contributed by atoms with van der Waals surface area (Å²) in [6.07, 6.45) is 5.20. The number of aryl methyl sites for hydroxylation is 1. The lowest BCUT2D eigenvalue weighted by Gasteiger charge is -2.07. The van der Waals surface area contributed by atoms with Gasteiger partial charge in [-0.3, -0.25) is 4.79 Å². The van der Waals surface area contributed by atoms with Crippen LogP contribution in [0.2, 0.25) is 0 Å². The molecule has 1 N–H and O–H groups in total. The molecule has 1 aromatic heterocycles. The molecule has 0 bridgehead atoms. The Kier molecular flexibility index (Phi) is 4.23. The van der Waals surface area contributed by atoms with Crippen LogP contribution in [0.1, 0.15) is 31.4 Å². The summed E-state index contributed by atoms with van der Waals surface area (Å²) in [6, 6.07) is 1.91. The molecule has 3 nitrogen and oxygen atoms in total. The lowest BCUT2D eigenvalue weighted by molar-refractivity contribution is -0.113. The second-order valence-corrected chi connectivity index (χ2v) is 6.19. The van der Waals surface area contributed by atoms with E-state index in [1.165, 1.54) is 37.2 Å². The van der Waals surface area contributed by atoms with Crippen molar-refractivity contribution >= 4 is 34.2 Å². The van der Waals surface area contributed by atoms with E-state index in [1.54, 1.807) is 11.8 Å². The number of thioether (sulfide) groups is 1. The SMILES string of the molecule is Cc1cc(NC(=O)CSC2CCCC2)sn1. The average Bonchev–Trinajstić information content (AvgIpc) is 2.87. The average molecular weight is 256 g/mol. The number of hydrogen-bond donors (Lipinski definition) is 1. The number of nitrogens with zero attached hydrogens (tertiary/aromatic N) is 1. The van der Waals surface area contributed by atoms with Crippen LogP contribution in [-0.2, 0) is 4.79 Å². The number of anilines is 1. The zero-order chi connectivity index (χ0) is 11.4. The highest BCUT2D eigenvalue weighted by molar-refractivity contribution is 8.00. The van der Waals surface area contributed by atoms with Gasteiger partial charge >= 0.3 is 0 Å². The normalized spacial score (nSPS) is 16.6. The molecule has 0 radical (unpaired) electrons. The van der Waals surface area contributed by atoms with E-state index in [0.717, 1.165) is 10.7 Å². The molecule has 1 saturated carbocycles. The summed E-state index contributed by atoms with van der Waals surface area (Å²) >= 11 is 3.14. The fourth-order valence-corrected chi connectivity index (χ4v) is 3.65. The van der Waals surface area contributed by atoms with Crippen molar-refractivity contribution in [3.63, 3.8) is 0 Å². The van der Waals surface area contributed by atoms with E-state index >= 15 is 0 Å². The molecule has 1 heterocycles. The quantitative estimate of drug-likeness (QED) is 0.900. The van der Waals surface area contributed by atoms with Crippen molar-refractivity contribution in [2.75, 3.05) is 11.1 Å². The van der Waals surface area contributed by atoms with Crippen LogP contribution >= 0.6 is 23.3 Å². The molecule has 1 amide bonds. The maximum absolute atomic E-state index is 11.6. The fraction of sp³-hybridized carbons (Fsp3) is 0.636. The summed E-state index contributed by atoms with van der Waals surface area (Å²) in [6.45, 7) is 1.93. The van der Waals surface area contributed by atoms with Crippen LogP contribution in [0.25, 0.3) is 0 Å². The Balaban J connectivity index is 1.71. The maximum Gasteiger partial charge on any atom is 0.235 e. The van der Waals surface area contributed by atoms with E-state index in [9.17, 15) is 4.79 Å². The minimum atomic E-state index is 0.0977. The second kappa shape index (κ2) is 5.68. The van der Waals surface area contributed by atoms with Crippen molar-refractivity contribution in [1.82, 2.24) is 4.37 Å². The van der Waals surface area contributed by atoms with Crippen molar-refractivity contribution in [3.05, 3.63) is 11.8 Å². The summed E-state index contributed by atoms with van der Waals surface area (Å²) in [5.74, 6) is 0.669. The molecule has 1 aliphatic carbocycles. The van der Waals surface area contributed by atoms with Crippen molar-refractivity contribution in [1.29, 1.82) is 0 Å². The van der Waals surface area contributed by atoms with Crippen molar-refractivity contribution in [3.8, 4) is 0 Å². The summed E-state index contributed by atoms with van der Waals surface area (Å²) in [7, 11) is 0. The summed E-state index contributed by atoms with van der Waals surface area (Å²) in [5.41, 5.74) is 0.962. The first-order valence-electron chi connectivity index (χ1n) is 5.59.